The first kappa shape index (κ1) is 20.9. The average molecular weight is 460 g/mol. The third-order valence-electron chi connectivity index (χ3n) is 6.94. The molecule has 0 saturated carbocycles. The van der Waals surface area contributed by atoms with Crippen LogP contribution < -0.4 is 19.9 Å². The Bertz CT molecular complexity index is 1620. The van der Waals surface area contributed by atoms with Crippen LogP contribution in [0.15, 0.2) is 65.1 Å². The van der Waals surface area contributed by atoms with Gasteiger partial charge in [0.1, 0.15) is 11.3 Å². The Morgan fingerprint density at radius 3 is 2.66 bits per heavy atom. The highest BCUT2D eigenvalue weighted by atomic mass is 16.4. The largest absolute Gasteiger partial charge is 0.545 e. The number of carboxylic acid groups (broad SMARTS) is 1. The molecular weight excluding hydrogens is 440 g/mol. The predicted molar refractivity (Wildman–Crippen MR) is 129 cm³/mol. The average Bonchev–Trinajstić information content (AvgIpc) is 2.81. The number of carboxylic acids is 1. The molecule has 7 heteroatoms. The van der Waals surface area contributed by atoms with Crippen molar-refractivity contribution in [3.8, 4) is 28.5 Å². The zero-order valence-electron chi connectivity index (χ0n) is 18.8. The van der Waals surface area contributed by atoms with Crippen molar-refractivity contribution in [3.05, 3.63) is 83.0 Å². The van der Waals surface area contributed by atoms with Crippen LogP contribution in [0.4, 0.5) is 5.69 Å². The van der Waals surface area contributed by atoms with E-state index in [9.17, 15) is 9.90 Å². The Hall–Kier alpha value is -4.62. The van der Waals surface area contributed by atoms with Crippen LogP contribution in [-0.4, -0.2) is 38.2 Å². The molecule has 1 aliphatic carbocycles. The maximum atomic E-state index is 12.0. The number of rotatable bonds is 3. The van der Waals surface area contributed by atoms with Gasteiger partial charge < -0.3 is 24.1 Å². The normalized spacial score (nSPS) is 17.5. The topological polar surface area (TPSA) is 87.7 Å². The Morgan fingerprint density at radius 2 is 1.91 bits per heavy atom. The third kappa shape index (κ3) is 3.41. The van der Waals surface area contributed by atoms with E-state index in [2.05, 4.69) is 20.4 Å². The zero-order chi connectivity index (χ0) is 24.1. The first-order valence-corrected chi connectivity index (χ1v) is 11.5. The monoisotopic (exact) mass is 460 g/mol. The van der Waals surface area contributed by atoms with E-state index in [1.54, 1.807) is 18.2 Å². The van der Waals surface area contributed by atoms with Crippen molar-refractivity contribution in [1.82, 2.24) is 4.58 Å². The number of carbonyl (C=O) groups is 1. The molecule has 2 aromatic rings. The second kappa shape index (κ2) is 8.00. The van der Waals surface area contributed by atoms with Gasteiger partial charge in [-0.25, -0.2) is 11.1 Å². The van der Waals surface area contributed by atoms with Crippen molar-refractivity contribution in [1.29, 1.82) is 5.26 Å². The molecule has 3 heterocycles. The molecule has 0 unspecified atom stereocenters. The Morgan fingerprint density at radius 1 is 1.11 bits per heavy atom. The van der Waals surface area contributed by atoms with Gasteiger partial charge in [-0.05, 0) is 23.8 Å². The Balaban J connectivity index is 1.60. The number of benzene rings is 3. The van der Waals surface area contributed by atoms with Gasteiger partial charge in [-0.15, -0.1) is 0 Å². The molecule has 2 fully saturated rings. The van der Waals surface area contributed by atoms with Crippen LogP contribution in [-0.2, 0) is 0 Å². The van der Waals surface area contributed by atoms with Crippen LogP contribution in [0.3, 0.4) is 0 Å². The number of hydrogen-bond donors (Lipinski definition) is 0. The zero-order valence-corrected chi connectivity index (χ0v) is 18.8. The Kier molecular flexibility index (Phi) is 4.79. The minimum Gasteiger partial charge on any atom is -0.545 e. The second-order valence-corrected chi connectivity index (χ2v) is 9.09. The number of nitrogens with zero attached hydrogens (tertiary/aromatic N) is 4. The molecule has 2 saturated heterocycles. The summed E-state index contributed by atoms with van der Waals surface area (Å²) in [5, 5.41) is 22.9. The minimum atomic E-state index is -1.23. The number of fused-ring (bicyclic) bond motifs is 2. The molecule has 6 rings (SSSR count). The van der Waals surface area contributed by atoms with E-state index < -0.39 is 5.97 Å². The smallest absolute Gasteiger partial charge is 0.257 e. The summed E-state index contributed by atoms with van der Waals surface area (Å²) in [5.41, 5.74) is 3.88. The first-order valence-electron chi connectivity index (χ1n) is 11.5. The van der Waals surface area contributed by atoms with Crippen LogP contribution in [0.5, 0.6) is 0 Å². The van der Waals surface area contributed by atoms with E-state index in [-0.39, 0.29) is 17.5 Å². The summed E-state index contributed by atoms with van der Waals surface area (Å²) in [4.78, 5) is 17.7. The fraction of sp³-hybridized carbons (Fsp3) is 0.214. The quantitative estimate of drug-likeness (QED) is 0.266. The van der Waals surface area contributed by atoms with Gasteiger partial charge in [0, 0.05) is 39.9 Å². The molecule has 2 aromatic carbocycles. The molecule has 170 valence electrons. The highest BCUT2D eigenvalue weighted by Crippen LogP contribution is 2.42. The number of anilines is 1. The second-order valence-electron chi connectivity index (χ2n) is 9.09. The van der Waals surface area contributed by atoms with E-state index in [0.717, 1.165) is 27.6 Å². The van der Waals surface area contributed by atoms with Crippen molar-refractivity contribution in [3.63, 3.8) is 0 Å². The first-order chi connectivity index (χ1) is 17.1. The van der Waals surface area contributed by atoms with Gasteiger partial charge in [-0.2, -0.15) is 5.26 Å². The highest BCUT2D eigenvalue weighted by Gasteiger charge is 2.33. The SMILES string of the molecule is [C-]#[N+]C1CN(c2ccc3c(-c4ccccc4C(=O)[O-])c4ccc(=[N+]5CC(C#N)C5)cc-4oc3c2)C1. The van der Waals surface area contributed by atoms with Crippen LogP contribution in [0.2, 0.25) is 0 Å². The number of nitriles is 1. The summed E-state index contributed by atoms with van der Waals surface area (Å²) in [6, 6.07) is 21.0. The summed E-state index contributed by atoms with van der Waals surface area (Å²) in [6.07, 6.45) is 0. The van der Waals surface area contributed by atoms with Gasteiger partial charge in [0.2, 0.25) is 5.36 Å². The molecule has 35 heavy (non-hydrogen) atoms. The number of aromatic carboxylic acids is 1. The summed E-state index contributed by atoms with van der Waals surface area (Å²) in [5.74, 6) is -0.564. The molecular formula is C28H20N4O3. The molecule has 0 spiro atoms. The number of carbonyl (C=O) groups excluding carboxylic acids is 1. The molecule has 0 amide bonds. The van der Waals surface area contributed by atoms with Gasteiger partial charge in [0.05, 0.1) is 31.2 Å². The van der Waals surface area contributed by atoms with Gasteiger partial charge in [0.25, 0.3) is 6.04 Å². The van der Waals surface area contributed by atoms with Crippen LogP contribution in [0.1, 0.15) is 10.4 Å². The van der Waals surface area contributed by atoms with E-state index in [4.69, 9.17) is 16.3 Å². The van der Waals surface area contributed by atoms with E-state index in [1.807, 2.05) is 42.5 Å². The van der Waals surface area contributed by atoms with Crippen molar-refractivity contribution in [2.45, 2.75) is 6.04 Å². The number of hydrogen-bond acceptors (Lipinski definition) is 5. The lowest BCUT2D eigenvalue weighted by molar-refractivity contribution is -0.254. The predicted octanol–water partition coefficient (Wildman–Crippen LogP) is 2.60. The molecule has 0 radical (unpaired) electrons. The van der Waals surface area contributed by atoms with Gasteiger partial charge in [0.15, 0.2) is 19.0 Å². The summed E-state index contributed by atoms with van der Waals surface area (Å²) in [6.45, 7) is 9.94. The van der Waals surface area contributed by atoms with Gasteiger partial charge >= 0.3 is 0 Å². The lowest BCUT2D eigenvalue weighted by Crippen LogP contribution is -2.49. The molecule has 3 aliphatic heterocycles. The van der Waals surface area contributed by atoms with Crippen molar-refractivity contribution < 1.29 is 14.3 Å². The molecule has 4 aliphatic rings. The molecule has 0 bridgehead atoms. The summed E-state index contributed by atoms with van der Waals surface area (Å²) in [7, 11) is 0. The van der Waals surface area contributed by atoms with Crippen LogP contribution in [0, 0.1) is 23.8 Å². The maximum absolute atomic E-state index is 12.0. The van der Waals surface area contributed by atoms with Gasteiger partial charge in [-0.1, -0.05) is 24.3 Å². The van der Waals surface area contributed by atoms with Crippen LogP contribution >= 0.6 is 0 Å². The van der Waals surface area contributed by atoms with Crippen molar-refractivity contribution in [2.75, 3.05) is 31.1 Å². The van der Waals surface area contributed by atoms with Gasteiger partial charge in [-0.3, -0.25) is 0 Å². The Labute approximate surface area is 201 Å². The molecule has 0 N–H and O–H groups in total. The minimum absolute atomic E-state index is 0.0149. The van der Waals surface area contributed by atoms with Crippen molar-refractivity contribution >= 4 is 22.6 Å². The lowest BCUT2D eigenvalue weighted by Gasteiger charge is -2.33. The standard InChI is InChI=1S/C28H20N4O3/c1-30-18-15-32(16-18)20-7-9-24-26(11-20)35-25-10-19(31-13-17(12-29)14-31)6-8-23(25)27(24)21-4-2-3-5-22(21)28(33)34/h2-11,17-18H,13-16H2. The fourth-order valence-electron chi connectivity index (χ4n) is 4.95. The van der Waals surface area contributed by atoms with Crippen molar-refractivity contribution in [2.24, 2.45) is 5.92 Å². The molecule has 7 nitrogen and oxygen atoms in total. The summed E-state index contributed by atoms with van der Waals surface area (Å²) < 4.78 is 8.52. The van der Waals surface area contributed by atoms with E-state index in [0.29, 0.717) is 43.1 Å². The van der Waals surface area contributed by atoms with E-state index in [1.165, 1.54) is 0 Å². The fourth-order valence-corrected chi connectivity index (χ4v) is 4.95. The highest BCUT2D eigenvalue weighted by molar-refractivity contribution is 6.07. The van der Waals surface area contributed by atoms with Crippen LogP contribution in [0.25, 0.3) is 38.3 Å². The molecule has 0 atom stereocenters. The molecule has 0 aromatic heterocycles. The van der Waals surface area contributed by atoms with E-state index >= 15 is 0 Å². The third-order valence-corrected chi connectivity index (χ3v) is 6.94. The summed E-state index contributed by atoms with van der Waals surface area (Å²) >= 11 is 0. The maximum Gasteiger partial charge on any atom is 0.257 e. The lowest BCUT2D eigenvalue weighted by atomic mass is 9.90.